The van der Waals surface area contributed by atoms with Crippen LogP contribution in [0.5, 0.6) is 0 Å². The van der Waals surface area contributed by atoms with Gasteiger partial charge in [-0.05, 0) is 44.1 Å². The minimum atomic E-state index is -3.61. The third kappa shape index (κ3) is 3.57. The van der Waals surface area contributed by atoms with Crippen LogP contribution in [-0.4, -0.2) is 50.8 Å². The molecule has 0 amide bonds. The lowest BCUT2D eigenvalue weighted by molar-refractivity contribution is 0.187. The van der Waals surface area contributed by atoms with E-state index in [-0.39, 0.29) is 22.5 Å². The number of likely N-dealkylation sites (N-methyl/N-ethyl adjacent to an activating group) is 2. The maximum Gasteiger partial charge on any atom is 0.244 e. The normalized spacial score (nSPS) is 20.9. The summed E-state index contributed by atoms with van der Waals surface area (Å²) in [5, 5.41) is 0.239. The molecule has 1 saturated heterocycles. The zero-order valence-corrected chi connectivity index (χ0v) is 14.0. The minimum absolute atomic E-state index is 0.0219. The lowest BCUT2D eigenvalue weighted by Crippen LogP contribution is -2.47. The van der Waals surface area contributed by atoms with Crippen molar-refractivity contribution in [1.29, 1.82) is 0 Å². The van der Waals surface area contributed by atoms with Gasteiger partial charge in [0.1, 0.15) is 4.90 Å². The van der Waals surface area contributed by atoms with Crippen molar-refractivity contribution >= 4 is 21.6 Å². The van der Waals surface area contributed by atoms with E-state index < -0.39 is 10.0 Å². The van der Waals surface area contributed by atoms with E-state index in [1.54, 1.807) is 25.2 Å². The van der Waals surface area contributed by atoms with Crippen molar-refractivity contribution in [3.05, 3.63) is 28.8 Å². The predicted molar refractivity (Wildman–Crippen MR) is 84.8 cm³/mol. The molecule has 1 aliphatic heterocycles. The zero-order valence-electron chi connectivity index (χ0n) is 12.4. The van der Waals surface area contributed by atoms with Crippen LogP contribution in [-0.2, 0) is 16.6 Å². The molecule has 0 bridgehead atoms. The molecule has 1 unspecified atom stereocenters. The second kappa shape index (κ2) is 6.62. The number of likely N-dealkylation sites (tertiary alicyclic amines) is 1. The molecule has 0 saturated carbocycles. The maximum absolute atomic E-state index is 12.8. The summed E-state index contributed by atoms with van der Waals surface area (Å²) in [6.45, 7) is 2.04. The zero-order chi connectivity index (χ0) is 15.6. The van der Waals surface area contributed by atoms with Crippen LogP contribution in [0.25, 0.3) is 0 Å². The second-order valence-corrected chi connectivity index (χ2v) is 7.92. The summed E-state index contributed by atoms with van der Waals surface area (Å²) in [5.74, 6) is 0. The fraction of sp³-hybridized carbons (Fsp3) is 0.571. The standard InChI is InChI=1S/C14H22ClN3O2S/c1-17-7-3-4-12(10-17)18(2)21(19,20)14-8-11(9-16)5-6-13(14)15/h5-6,8,12H,3-4,7,9-10,16H2,1-2H3. The summed E-state index contributed by atoms with van der Waals surface area (Å²) >= 11 is 6.09. The first kappa shape index (κ1) is 16.7. The number of hydrogen-bond acceptors (Lipinski definition) is 4. The fourth-order valence-electron chi connectivity index (χ4n) is 2.66. The van der Waals surface area contributed by atoms with Gasteiger partial charge in [0.05, 0.1) is 5.02 Å². The van der Waals surface area contributed by atoms with Crippen molar-refractivity contribution in [1.82, 2.24) is 9.21 Å². The van der Waals surface area contributed by atoms with Crippen molar-refractivity contribution in [3.8, 4) is 0 Å². The molecule has 1 heterocycles. The molecular weight excluding hydrogens is 310 g/mol. The highest BCUT2D eigenvalue weighted by Crippen LogP contribution is 2.28. The third-order valence-electron chi connectivity index (χ3n) is 4.00. The molecule has 2 rings (SSSR count). The van der Waals surface area contributed by atoms with Gasteiger partial charge in [-0.25, -0.2) is 8.42 Å². The predicted octanol–water partition coefficient (Wildman–Crippen LogP) is 1.51. The van der Waals surface area contributed by atoms with Gasteiger partial charge in [0.2, 0.25) is 10.0 Å². The van der Waals surface area contributed by atoms with Gasteiger partial charge in [-0.15, -0.1) is 0 Å². The number of nitrogens with zero attached hydrogens (tertiary/aromatic N) is 2. The molecule has 0 aromatic heterocycles. The van der Waals surface area contributed by atoms with E-state index in [0.717, 1.165) is 31.5 Å². The van der Waals surface area contributed by atoms with Crippen LogP contribution in [0.15, 0.2) is 23.1 Å². The van der Waals surface area contributed by atoms with E-state index in [4.69, 9.17) is 17.3 Å². The molecule has 1 atom stereocenters. The Hall–Kier alpha value is -0.660. The molecule has 7 heteroatoms. The van der Waals surface area contributed by atoms with Crippen LogP contribution in [0.4, 0.5) is 0 Å². The quantitative estimate of drug-likeness (QED) is 0.908. The molecule has 5 nitrogen and oxygen atoms in total. The number of hydrogen-bond donors (Lipinski definition) is 1. The Morgan fingerprint density at radius 2 is 2.19 bits per heavy atom. The lowest BCUT2D eigenvalue weighted by atomic mass is 10.1. The number of nitrogens with two attached hydrogens (primary N) is 1. The van der Waals surface area contributed by atoms with Crippen LogP contribution in [0, 0.1) is 0 Å². The van der Waals surface area contributed by atoms with Gasteiger partial charge in [0.25, 0.3) is 0 Å². The number of sulfonamides is 1. The first-order chi connectivity index (χ1) is 9.86. The molecule has 1 fully saturated rings. The van der Waals surface area contributed by atoms with E-state index in [0.29, 0.717) is 0 Å². The molecule has 118 valence electrons. The largest absolute Gasteiger partial charge is 0.326 e. The summed E-state index contributed by atoms with van der Waals surface area (Å²) in [6, 6.07) is 4.89. The van der Waals surface area contributed by atoms with Gasteiger partial charge < -0.3 is 10.6 Å². The summed E-state index contributed by atoms with van der Waals surface area (Å²) in [6.07, 6.45) is 1.87. The molecule has 1 aliphatic rings. The Morgan fingerprint density at radius 1 is 1.48 bits per heavy atom. The summed E-state index contributed by atoms with van der Waals surface area (Å²) in [4.78, 5) is 2.29. The maximum atomic E-state index is 12.8. The van der Waals surface area contributed by atoms with Gasteiger partial charge in [-0.1, -0.05) is 17.7 Å². The Morgan fingerprint density at radius 3 is 2.81 bits per heavy atom. The topological polar surface area (TPSA) is 66.6 Å². The highest BCUT2D eigenvalue weighted by atomic mass is 35.5. The van der Waals surface area contributed by atoms with Gasteiger partial charge in [0, 0.05) is 26.2 Å². The lowest BCUT2D eigenvalue weighted by Gasteiger charge is -2.35. The van der Waals surface area contributed by atoms with E-state index in [1.165, 1.54) is 4.31 Å². The number of benzene rings is 1. The Labute approximate surface area is 131 Å². The van der Waals surface area contributed by atoms with E-state index in [2.05, 4.69) is 4.90 Å². The van der Waals surface area contributed by atoms with Crippen molar-refractivity contribution in [2.75, 3.05) is 27.2 Å². The van der Waals surface area contributed by atoms with Gasteiger partial charge in [-0.3, -0.25) is 0 Å². The Balaban J connectivity index is 2.32. The van der Waals surface area contributed by atoms with Crippen LogP contribution < -0.4 is 5.73 Å². The molecular formula is C14H22ClN3O2S. The van der Waals surface area contributed by atoms with Crippen molar-refractivity contribution < 1.29 is 8.42 Å². The average molecular weight is 332 g/mol. The Bertz CT molecular complexity index is 606. The molecule has 21 heavy (non-hydrogen) atoms. The SMILES string of the molecule is CN1CCCC(N(C)S(=O)(=O)c2cc(CN)ccc2Cl)C1. The first-order valence-corrected chi connectivity index (χ1v) is 8.83. The van der Waals surface area contributed by atoms with Gasteiger partial charge >= 0.3 is 0 Å². The van der Waals surface area contributed by atoms with Crippen LogP contribution in [0.3, 0.4) is 0 Å². The second-order valence-electron chi connectivity index (χ2n) is 5.55. The fourth-order valence-corrected chi connectivity index (χ4v) is 4.56. The molecule has 0 radical (unpaired) electrons. The monoisotopic (exact) mass is 331 g/mol. The number of piperidine rings is 1. The van der Waals surface area contributed by atoms with Crippen molar-refractivity contribution in [2.45, 2.75) is 30.3 Å². The molecule has 1 aromatic rings. The third-order valence-corrected chi connectivity index (χ3v) is 6.39. The van der Waals surface area contributed by atoms with Crippen LogP contribution in [0.1, 0.15) is 18.4 Å². The summed E-state index contributed by atoms with van der Waals surface area (Å²) in [5.41, 5.74) is 6.35. The van der Waals surface area contributed by atoms with Crippen molar-refractivity contribution in [3.63, 3.8) is 0 Å². The number of halogens is 1. The smallest absolute Gasteiger partial charge is 0.244 e. The molecule has 0 aliphatic carbocycles. The molecule has 2 N–H and O–H groups in total. The average Bonchev–Trinajstić information content (AvgIpc) is 2.46. The van der Waals surface area contributed by atoms with Crippen molar-refractivity contribution in [2.24, 2.45) is 5.73 Å². The molecule has 1 aromatic carbocycles. The van der Waals surface area contributed by atoms with Crippen LogP contribution >= 0.6 is 11.6 Å². The van der Waals surface area contributed by atoms with Gasteiger partial charge in [-0.2, -0.15) is 4.31 Å². The highest BCUT2D eigenvalue weighted by molar-refractivity contribution is 7.89. The summed E-state index contributed by atoms with van der Waals surface area (Å²) in [7, 11) is 0.0320. The first-order valence-electron chi connectivity index (χ1n) is 7.01. The van der Waals surface area contributed by atoms with Gasteiger partial charge in [0.15, 0.2) is 0 Å². The summed E-state index contributed by atoms with van der Waals surface area (Å²) < 4.78 is 27.1. The van der Waals surface area contributed by atoms with Crippen LogP contribution in [0.2, 0.25) is 5.02 Å². The van der Waals surface area contributed by atoms with E-state index in [9.17, 15) is 8.42 Å². The number of rotatable bonds is 4. The van der Waals surface area contributed by atoms with E-state index in [1.807, 2.05) is 7.05 Å². The highest BCUT2D eigenvalue weighted by Gasteiger charge is 2.31. The minimum Gasteiger partial charge on any atom is -0.326 e. The molecule has 0 spiro atoms. The Kier molecular flexibility index (Phi) is 5.27. The van der Waals surface area contributed by atoms with E-state index >= 15 is 0 Å².